The lowest BCUT2D eigenvalue weighted by atomic mass is 9.98. The molecule has 0 amide bonds. The topological polar surface area (TPSA) is 52.0 Å². The molecule has 0 aliphatic heterocycles. The predicted molar refractivity (Wildman–Crippen MR) is 69.9 cm³/mol. The second-order valence-corrected chi connectivity index (χ2v) is 4.43. The average Bonchev–Trinajstić information content (AvgIpc) is 2.64. The van der Waals surface area contributed by atoms with Crippen molar-refractivity contribution in [3.63, 3.8) is 0 Å². The summed E-state index contributed by atoms with van der Waals surface area (Å²) >= 11 is 0. The Bertz CT molecular complexity index is 556. The summed E-state index contributed by atoms with van der Waals surface area (Å²) in [6.07, 6.45) is 0.822. The first kappa shape index (κ1) is 11.7. The molecule has 2 rings (SSSR count). The number of aromatic nitrogens is 1. The molecule has 0 saturated carbocycles. The fourth-order valence-corrected chi connectivity index (χ4v) is 2.03. The number of anilines is 1. The van der Waals surface area contributed by atoms with Crippen molar-refractivity contribution in [3.05, 3.63) is 34.5 Å². The van der Waals surface area contributed by atoms with Gasteiger partial charge in [0.15, 0.2) is 5.76 Å². The number of oxazole rings is 1. The van der Waals surface area contributed by atoms with Crippen LogP contribution < -0.4 is 5.73 Å². The van der Waals surface area contributed by atoms with Crippen molar-refractivity contribution in [2.75, 3.05) is 5.73 Å². The van der Waals surface area contributed by atoms with E-state index in [2.05, 4.69) is 44.8 Å². The minimum absolute atomic E-state index is 0.245. The van der Waals surface area contributed by atoms with Crippen molar-refractivity contribution >= 4 is 6.01 Å². The van der Waals surface area contributed by atoms with E-state index in [0.29, 0.717) is 0 Å². The normalized spacial score (nSPS) is 10.8. The van der Waals surface area contributed by atoms with Crippen molar-refractivity contribution < 1.29 is 4.42 Å². The van der Waals surface area contributed by atoms with E-state index < -0.39 is 0 Å². The Hall–Kier alpha value is -1.77. The second kappa shape index (κ2) is 4.24. The third-order valence-corrected chi connectivity index (χ3v) is 3.13. The summed E-state index contributed by atoms with van der Waals surface area (Å²) in [4.78, 5) is 4.21. The lowest BCUT2D eigenvalue weighted by Crippen LogP contribution is -1.91. The first-order valence-electron chi connectivity index (χ1n) is 5.86. The van der Waals surface area contributed by atoms with E-state index in [9.17, 15) is 0 Å². The smallest absolute Gasteiger partial charge is 0.292 e. The molecule has 2 aromatic rings. The monoisotopic (exact) mass is 230 g/mol. The number of aryl methyl sites for hydroxylation is 4. The number of rotatable bonds is 2. The SMILES string of the molecule is CCc1nc(N)oc1-c1cc(C)c(C)cc1C. The van der Waals surface area contributed by atoms with E-state index in [1.54, 1.807) is 0 Å². The zero-order valence-corrected chi connectivity index (χ0v) is 10.8. The minimum atomic E-state index is 0.245. The molecule has 0 aliphatic rings. The van der Waals surface area contributed by atoms with E-state index in [1.807, 2.05) is 0 Å². The van der Waals surface area contributed by atoms with Gasteiger partial charge in [-0.2, -0.15) is 4.98 Å². The Morgan fingerprint density at radius 2 is 1.76 bits per heavy atom. The molecule has 0 radical (unpaired) electrons. The highest BCUT2D eigenvalue weighted by Crippen LogP contribution is 2.31. The van der Waals surface area contributed by atoms with Gasteiger partial charge < -0.3 is 10.2 Å². The zero-order valence-electron chi connectivity index (χ0n) is 10.8. The number of nitrogens with zero attached hydrogens (tertiary/aromatic N) is 1. The largest absolute Gasteiger partial charge is 0.423 e. The number of nitrogen functional groups attached to an aromatic ring is 1. The molecule has 3 nitrogen and oxygen atoms in total. The molecule has 90 valence electrons. The summed E-state index contributed by atoms with van der Waals surface area (Å²) < 4.78 is 5.53. The summed E-state index contributed by atoms with van der Waals surface area (Å²) in [5.74, 6) is 0.811. The maximum Gasteiger partial charge on any atom is 0.292 e. The maximum atomic E-state index is 5.63. The van der Waals surface area contributed by atoms with Crippen molar-refractivity contribution in [2.24, 2.45) is 0 Å². The fraction of sp³-hybridized carbons (Fsp3) is 0.357. The molecule has 1 aromatic carbocycles. The Morgan fingerprint density at radius 3 is 2.41 bits per heavy atom. The van der Waals surface area contributed by atoms with Gasteiger partial charge in [-0.05, 0) is 49.9 Å². The van der Waals surface area contributed by atoms with E-state index in [1.165, 1.54) is 16.7 Å². The second-order valence-electron chi connectivity index (χ2n) is 4.43. The molecule has 0 fully saturated rings. The highest BCUT2D eigenvalue weighted by atomic mass is 16.4. The highest BCUT2D eigenvalue weighted by molar-refractivity contribution is 5.66. The van der Waals surface area contributed by atoms with Gasteiger partial charge in [0.1, 0.15) is 0 Å². The first-order chi connectivity index (χ1) is 8.02. The quantitative estimate of drug-likeness (QED) is 0.860. The van der Waals surface area contributed by atoms with E-state index in [-0.39, 0.29) is 6.01 Å². The van der Waals surface area contributed by atoms with Crippen molar-refractivity contribution in [3.8, 4) is 11.3 Å². The number of hydrogen-bond donors (Lipinski definition) is 1. The molecule has 0 unspecified atom stereocenters. The lowest BCUT2D eigenvalue weighted by molar-refractivity contribution is 0.593. The van der Waals surface area contributed by atoms with Crippen LogP contribution in [0, 0.1) is 20.8 Å². The third kappa shape index (κ3) is 2.05. The molecule has 2 N–H and O–H groups in total. The van der Waals surface area contributed by atoms with E-state index >= 15 is 0 Å². The van der Waals surface area contributed by atoms with Gasteiger partial charge >= 0.3 is 0 Å². The summed E-state index contributed by atoms with van der Waals surface area (Å²) in [7, 11) is 0. The van der Waals surface area contributed by atoms with Gasteiger partial charge in [-0.3, -0.25) is 0 Å². The zero-order chi connectivity index (χ0) is 12.6. The minimum Gasteiger partial charge on any atom is -0.423 e. The number of hydrogen-bond acceptors (Lipinski definition) is 3. The van der Waals surface area contributed by atoms with Gasteiger partial charge in [-0.1, -0.05) is 13.0 Å². The standard InChI is InChI=1S/C14H18N2O/c1-5-12-13(17-14(15)16-12)11-7-9(3)8(2)6-10(11)4/h6-7H,5H2,1-4H3,(H2,15,16). The highest BCUT2D eigenvalue weighted by Gasteiger charge is 2.14. The Labute approximate surface area is 102 Å². The molecular formula is C14H18N2O. The van der Waals surface area contributed by atoms with Crippen LogP contribution in [0.25, 0.3) is 11.3 Å². The molecule has 3 heteroatoms. The number of nitrogens with two attached hydrogens (primary N) is 1. The van der Waals surface area contributed by atoms with Crippen LogP contribution in [0.15, 0.2) is 16.5 Å². The summed E-state index contributed by atoms with van der Waals surface area (Å²) in [5.41, 5.74) is 11.4. The molecule has 1 heterocycles. The summed E-state index contributed by atoms with van der Waals surface area (Å²) in [6.45, 7) is 8.35. The molecule has 17 heavy (non-hydrogen) atoms. The molecule has 0 atom stereocenters. The van der Waals surface area contributed by atoms with Crippen LogP contribution in [0.2, 0.25) is 0 Å². The van der Waals surface area contributed by atoms with Crippen molar-refractivity contribution in [1.29, 1.82) is 0 Å². The summed E-state index contributed by atoms with van der Waals surface area (Å²) in [6, 6.07) is 4.56. The van der Waals surface area contributed by atoms with Crippen LogP contribution in [0.5, 0.6) is 0 Å². The van der Waals surface area contributed by atoms with Crippen LogP contribution in [0.4, 0.5) is 6.01 Å². The third-order valence-electron chi connectivity index (χ3n) is 3.13. The van der Waals surface area contributed by atoms with Crippen LogP contribution in [0.1, 0.15) is 29.3 Å². The van der Waals surface area contributed by atoms with Crippen LogP contribution >= 0.6 is 0 Å². The van der Waals surface area contributed by atoms with Gasteiger partial charge in [0, 0.05) is 5.56 Å². The molecular weight excluding hydrogens is 212 g/mol. The predicted octanol–water partition coefficient (Wildman–Crippen LogP) is 3.41. The molecule has 0 aliphatic carbocycles. The lowest BCUT2D eigenvalue weighted by Gasteiger charge is -2.08. The summed E-state index contributed by atoms with van der Waals surface area (Å²) in [5, 5.41) is 0. The van der Waals surface area contributed by atoms with E-state index in [0.717, 1.165) is 23.4 Å². The first-order valence-corrected chi connectivity index (χ1v) is 5.86. The van der Waals surface area contributed by atoms with Gasteiger partial charge in [-0.15, -0.1) is 0 Å². The van der Waals surface area contributed by atoms with Crippen molar-refractivity contribution in [2.45, 2.75) is 34.1 Å². The Balaban J connectivity index is 2.63. The maximum absolute atomic E-state index is 5.63. The Morgan fingerprint density at radius 1 is 1.12 bits per heavy atom. The number of benzene rings is 1. The fourth-order valence-electron chi connectivity index (χ4n) is 2.03. The van der Waals surface area contributed by atoms with Gasteiger partial charge in [0.2, 0.25) is 0 Å². The van der Waals surface area contributed by atoms with Crippen LogP contribution in [-0.4, -0.2) is 4.98 Å². The van der Waals surface area contributed by atoms with Crippen molar-refractivity contribution in [1.82, 2.24) is 4.98 Å². The molecule has 0 saturated heterocycles. The molecule has 0 bridgehead atoms. The van der Waals surface area contributed by atoms with Gasteiger partial charge in [-0.25, -0.2) is 0 Å². The van der Waals surface area contributed by atoms with E-state index in [4.69, 9.17) is 10.2 Å². The molecule has 1 aromatic heterocycles. The van der Waals surface area contributed by atoms with Crippen LogP contribution in [0.3, 0.4) is 0 Å². The molecule has 0 spiro atoms. The van der Waals surface area contributed by atoms with Gasteiger partial charge in [0.25, 0.3) is 6.01 Å². The van der Waals surface area contributed by atoms with Crippen LogP contribution in [-0.2, 0) is 6.42 Å². The average molecular weight is 230 g/mol. The van der Waals surface area contributed by atoms with Gasteiger partial charge in [0.05, 0.1) is 5.69 Å². The Kier molecular flexibility index (Phi) is 2.92.